The molecule has 0 spiro atoms. The van der Waals surface area contributed by atoms with Crippen LogP contribution in [0.5, 0.6) is 0 Å². The van der Waals surface area contributed by atoms with Gasteiger partial charge in [-0.15, -0.1) is 24.0 Å². The van der Waals surface area contributed by atoms with E-state index < -0.39 is 15.4 Å². The van der Waals surface area contributed by atoms with Crippen molar-refractivity contribution in [3.8, 4) is 0 Å². The Balaban J connectivity index is 0. The Morgan fingerprint density at radius 1 is 1.60 bits per heavy atom. The van der Waals surface area contributed by atoms with Gasteiger partial charge in [0.15, 0.2) is 0 Å². The number of hydrogen-bond donors (Lipinski definition) is 1. The third-order valence-electron chi connectivity index (χ3n) is 1.02. The van der Waals surface area contributed by atoms with E-state index in [1.54, 1.807) is 0 Å². The SMILES string of the molecule is CC(CCCl)S(=O)(=O)O.Cl. The Morgan fingerprint density at radius 3 is 2.10 bits per heavy atom. The molecule has 0 heterocycles. The van der Waals surface area contributed by atoms with E-state index in [9.17, 15) is 8.42 Å². The first kappa shape index (κ1) is 13.1. The van der Waals surface area contributed by atoms with Crippen molar-refractivity contribution in [2.75, 3.05) is 5.88 Å². The van der Waals surface area contributed by atoms with Crippen molar-refractivity contribution in [1.29, 1.82) is 0 Å². The van der Waals surface area contributed by atoms with Crippen molar-refractivity contribution in [3.05, 3.63) is 0 Å². The van der Waals surface area contributed by atoms with E-state index in [2.05, 4.69) is 0 Å². The van der Waals surface area contributed by atoms with Crippen LogP contribution in [0, 0.1) is 0 Å². The fraction of sp³-hybridized carbons (Fsp3) is 1.00. The first-order chi connectivity index (χ1) is 3.98. The molecule has 0 aliphatic rings. The van der Waals surface area contributed by atoms with E-state index in [0.29, 0.717) is 6.42 Å². The van der Waals surface area contributed by atoms with Crippen LogP contribution in [0.1, 0.15) is 13.3 Å². The maximum Gasteiger partial charge on any atom is 0.267 e. The van der Waals surface area contributed by atoms with Crippen LogP contribution in [0.2, 0.25) is 0 Å². The average Bonchev–Trinajstić information content (AvgIpc) is 1.64. The molecule has 0 saturated heterocycles. The summed E-state index contributed by atoms with van der Waals surface area (Å²) in [4.78, 5) is 0. The van der Waals surface area contributed by atoms with Crippen LogP contribution in [0.4, 0.5) is 0 Å². The maximum absolute atomic E-state index is 10.2. The molecule has 0 aliphatic carbocycles. The summed E-state index contributed by atoms with van der Waals surface area (Å²) in [6.07, 6.45) is 0.292. The highest BCUT2D eigenvalue weighted by molar-refractivity contribution is 7.86. The standard InChI is InChI=1S/C4H9ClO3S.ClH/c1-4(2-3-5)9(6,7)8;/h4H,2-3H2,1H3,(H,6,7,8);1H. The number of rotatable bonds is 3. The summed E-state index contributed by atoms with van der Waals surface area (Å²) in [5.41, 5.74) is 0. The van der Waals surface area contributed by atoms with Crippen LogP contribution < -0.4 is 0 Å². The summed E-state index contributed by atoms with van der Waals surface area (Å²) in [7, 11) is -3.85. The Kier molecular flexibility index (Phi) is 6.79. The van der Waals surface area contributed by atoms with Gasteiger partial charge < -0.3 is 0 Å². The van der Waals surface area contributed by atoms with E-state index in [1.807, 2.05) is 0 Å². The van der Waals surface area contributed by atoms with Crippen LogP contribution in [0.15, 0.2) is 0 Å². The molecule has 1 atom stereocenters. The summed E-state index contributed by atoms with van der Waals surface area (Å²) in [6, 6.07) is 0. The lowest BCUT2D eigenvalue weighted by atomic mass is 10.4. The largest absolute Gasteiger partial charge is 0.285 e. The minimum absolute atomic E-state index is 0. The number of hydrogen-bond acceptors (Lipinski definition) is 2. The second kappa shape index (κ2) is 5.18. The molecule has 0 radical (unpaired) electrons. The van der Waals surface area contributed by atoms with Gasteiger partial charge in [0, 0.05) is 5.88 Å². The smallest absolute Gasteiger partial charge is 0.267 e. The molecule has 10 heavy (non-hydrogen) atoms. The Hall–Kier alpha value is 0.490. The Labute approximate surface area is 71.9 Å². The third kappa shape index (κ3) is 5.29. The van der Waals surface area contributed by atoms with E-state index >= 15 is 0 Å². The zero-order valence-electron chi connectivity index (χ0n) is 5.45. The lowest BCUT2D eigenvalue weighted by Gasteiger charge is -2.02. The van der Waals surface area contributed by atoms with Gasteiger partial charge in [0.25, 0.3) is 10.1 Å². The van der Waals surface area contributed by atoms with Gasteiger partial charge in [-0.25, -0.2) is 0 Å². The average molecular weight is 209 g/mol. The zero-order valence-corrected chi connectivity index (χ0v) is 7.84. The van der Waals surface area contributed by atoms with Crippen molar-refractivity contribution in [2.45, 2.75) is 18.6 Å². The fourth-order valence-corrected chi connectivity index (χ4v) is 1.18. The van der Waals surface area contributed by atoms with E-state index in [4.69, 9.17) is 16.2 Å². The van der Waals surface area contributed by atoms with E-state index in [0.717, 1.165) is 0 Å². The summed E-state index contributed by atoms with van der Waals surface area (Å²) in [6.45, 7) is 1.41. The van der Waals surface area contributed by atoms with Crippen molar-refractivity contribution in [2.24, 2.45) is 0 Å². The Bertz CT molecular complexity index is 165. The molecule has 64 valence electrons. The van der Waals surface area contributed by atoms with Gasteiger partial charge in [0.05, 0.1) is 5.25 Å². The molecule has 6 heteroatoms. The van der Waals surface area contributed by atoms with Gasteiger partial charge >= 0.3 is 0 Å². The molecule has 0 aromatic rings. The first-order valence-electron chi connectivity index (χ1n) is 2.50. The van der Waals surface area contributed by atoms with Gasteiger partial charge in [0.1, 0.15) is 0 Å². The summed E-state index contributed by atoms with van der Waals surface area (Å²) in [5.74, 6) is 0.251. The molecule has 0 fully saturated rings. The molecule has 1 N–H and O–H groups in total. The molecule has 0 aliphatic heterocycles. The first-order valence-corrected chi connectivity index (χ1v) is 4.54. The van der Waals surface area contributed by atoms with Gasteiger partial charge in [-0.05, 0) is 13.3 Å². The topological polar surface area (TPSA) is 54.4 Å². The van der Waals surface area contributed by atoms with Crippen LogP contribution in [0.3, 0.4) is 0 Å². The lowest BCUT2D eigenvalue weighted by molar-refractivity contribution is 0.468. The number of alkyl halides is 1. The molecule has 0 bridgehead atoms. The third-order valence-corrected chi connectivity index (χ3v) is 2.49. The van der Waals surface area contributed by atoms with Gasteiger partial charge in [0.2, 0.25) is 0 Å². The van der Waals surface area contributed by atoms with E-state index in [1.165, 1.54) is 6.92 Å². The van der Waals surface area contributed by atoms with Crippen LogP contribution in [-0.2, 0) is 10.1 Å². The second-order valence-corrected chi connectivity index (χ2v) is 4.02. The van der Waals surface area contributed by atoms with E-state index in [-0.39, 0.29) is 18.3 Å². The monoisotopic (exact) mass is 208 g/mol. The highest BCUT2D eigenvalue weighted by atomic mass is 35.5. The van der Waals surface area contributed by atoms with Crippen LogP contribution >= 0.6 is 24.0 Å². The minimum atomic E-state index is -3.85. The van der Waals surface area contributed by atoms with Gasteiger partial charge in [-0.2, -0.15) is 8.42 Å². The van der Waals surface area contributed by atoms with Crippen molar-refractivity contribution in [3.63, 3.8) is 0 Å². The van der Waals surface area contributed by atoms with Gasteiger partial charge in [-0.3, -0.25) is 4.55 Å². The lowest BCUT2D eigenvalue weighted by Crippen LogP contribution is -2.16. The predicted octanol–water partition coefficient (Wildman–Crippen LogP) is 1.31. The molecular weight excluding hydrogens is 199 g/mol. The highest BCUT2D eigenvalue weighted by Crippen LogP contribution is 2.03. The second-order valence-electron chi connectivity index (χ2n) is 1.80. The molecule has 1 unspecified atom stereocenters. The highest BCUT2D eigenvalue weighted by Gasteiger charge is 2.15. The molecular formula is C4H10Cl2O3S. The van der Waals surface area contributed by atoms with Gasteiger partial charge in [-0.1, -0.05) is 0 Å². The summed E-state index contributed by atoms with van der Waals surface area (Å²) >= 11 is 5.23. The molecule has 3 nitrogen and oxygen atoms in total. The number of halogens is 2. The predicted molar refractivity (Wildman–Crippen MR) is 43.6 cm³/mol. The Morgan fingerprint density at radius 2 is 2.00 bits per heavy atom. The van der Waals surface area contributed by atoms with Crippen molar-refractivity contribution in [1.82, 2.24) is 0 Å². The molecule has 0 amide bonds. The maximum atomic E-state index is 10.2. The quantitative estimate of drug-likeness (QED) is 0.563. The molecule has 0 aromatic heterocycles. The summed E-state index contributed by atoms with van der Waals surface area (Å²) in [5, 5.41) is -0.741. The van der Waals surface area contributed by atoms with Crippen molar-refractivity contribution >= 4 is 34.1 Å². The molecule has 0 saturated carbocycles. The fourth-order valence-electron chi connectivity index (χ4n) is 0.303. The molecule has 0 rings (SSSR count). The van der Waals surface area contributed by atoms with Crippen molar-refractivity contribution < 1.29 is 13.0 Å². The zero-order chi connectivity index (χ0) is 7.49. The van der Waals surface area contributed by atoms with Crippen LogP contribution in [-0.4, -0.2) is 24.1 Å². The summed E-state index contributed by atoms with van der Waals surface area (Å²) < 4.78 is 28.8. The van der Waals surface area contributed by atoms with Crippen LogP contribution in [0.25, 0.3) is 0 Å². The molecule has 0 aromatic carbocycles. The normalized spacial score (nSPS) is 13.9. The minimum Gasteiger partial charge on any atom is -0.285 e.